The molecule has 0 heterocycles. The molecular formula is C28H40Cl2N2O3S. The molecule has 2 aromatic carbocycles. The quantitative estimate of drug-likeness (QED) is 0.172. The Hall–Kier alpha value is -1.83. The maximum Gasteiger partial charge on any atom is 0.236 e. The van der Waals surface area contributed by atoms with Crippen molar-refractivity contribution in [3.63, 3.8) is 0 Å². The van der Waals surface area contributed by atoms with Crippen molar-refractivity contribution >= 4 is 50.6 Å². The standard InChI is InChI=1S/C22H35ClN2O3S.C6H5Cl/c1-6-17(2)21(11-10-20(26)15-24)22(27)25(16-28-12-13-29(3,4)5)19-9-7-8-18(23)14-19;7-6-4-2-1-3-5-6/h7-9,14,21H,2,6,10-13,15-16,24H2,1,3-5H3;1-5H. The van der Waals surface area contributed by atoms with Gasteiger partial charge in [-0.25, -0.2) is 10.0 Å². The molecule has 0 aliphatic heterocycles. The summed E-state index contributed by atoms with van der Waals surface area (Å²) in [5, 5.41) is 1.34. The minimum absolute atomic E-state index is 0.0181. The van der Waals surface area contributed by atoms with Crippen LogP contribution in [-0.2, 0) is 14.3 Å². The Bertz CT molecular complexity index is 965. The summed E-state index contributed by atoms with van der Waals surface area (Å²) in [5.74, 6) is 0.296. The van der Waals surface area contributed by atoms with Gasteiger partial charge in [-0.05, 0) is 61.9 Å². The van der Waals surface area contributed by atoms with E-state index in [9.17, 15) is 9.59 Å². The Kier molecular flexibility index (Phi) is 15.0. The third-order valence-corrected chi connectivity index (χ3v) is 7.24. The predicted octanol–water partition coefficient (Wildman–Crippen LogP) is 6.57. The highest BCUT2D eigenvalue weighted by molar-refractivity contribution is 8.32. The Morgan fingerprint density at radius 3 is 2.19 bits per heavy atom. The van der Waals surface area contributed by atoms with Crippen LogP contribution in [0.1, 0.15) is 26.2 Å². The van der Waals surface area contributed by atoms with Gasteiger partial charge in [0.1, 0.15) is 12.5 Å². The van der Waals surface area contributed by atoms with Gasteiger partial charge in [-0.3, -0.25) is 14.5 Å². The van der Waals surface area contributed by atoms with E-state index in [1.165, 1.54) is 0 Å². The van der Waals surface area contributed by atoms with Gasteiger partial charge < -0.3 is 10.5 Å². The zero-order valence-electron chi connectivity index (χ0n) is 21.8. The predicted molar refractivity (Wildman–Crippen MR) is 158 cm³/mol. The number of amides is 1. The van der Waals surface area contributed by atoms with Crippen molar-refractivity contribution < 1.29 is 14.3 Å². The van der Waals surface area contributed by atoms with E-state index in [2.05, 4.69) is 25.3 Å². The van der Waals surface area contributed by atoms with Crippen LogP contribution in [0.25, 0.3) is 0 Å². The van der Waals surface area contributed by atoms with Crippen LogP contribution in [0.5, 0.6) is 0 Å². The zero-order valence-corrected chi connectivity index (χ0v) is 24.2. The molecule has 0 bridgehead atoms. The van der Waals surface area contributed by atoms with Crippen LogP contribution >= 0.6 is 33.2 Å². The number of benzene rings is 2. The van der Waals surface area contributed by atoms with Gasteiger partial charge in [0, 0.05) is 27.9 Å². The monoisotopic (exact) mass is 554 g/mol. The van der Waals surface area contributed by atoms with Crippen molar-refractivity contribution in [2.75, 3.05) is 49.3 Å². The van der Waals surface area contributed by atoms with E-state index in [-0.39, 0.29) is 31.4 Å². The number of hydrogen-bond donors (Lipinski definition) is 1. The topological polar surface area (TPSA) is 72.6 Å². The molecule has 1 unspecified atom stereocenters. The maximum absolute atomic E-state index is 13.5. The summed E-state index contributed by atoms with van der Waals surface area (Å²) in [7, 11) is -0.681. The first-order valence-electron chi connectivity index (χ1n) is 11.9. The number of nitrogens with zero attached hydrogens (tertiary/aromatic N) is 1. The highest BCUT2D eigenvalue weighted by atomic mass is 35.5. The molecule has 0 aliphatic rings. The van der Waals surface area contributed by atoms with Gasteiger partial charge in [-0.15, -0.1) is 0 Å². The minimum Gasteiger partial charge on any atom is -0.360 e. The van der Waals surface area contributed by atoms with Crippen LogP contribution in [0.2, 0.25) is 10.0 Å². The molecule has 2 aromatic rings. The summed E-state index contributed by atoms with van der Waals surface area (Å²) in [4.78, 5) is 26.8. The van der Waals surface area contributed by atoms with E-state index in [0.717, 1.165) is 16.3 Å². The van der Waals surface area contributed by atoms with Crippen LogP contribution in [0.15, 0.2) is 66.7 Å². The summed E-state index contributed by atoms with van der Waals surface area (Å²) in [6.45, 7) is 6.72. The lowest BCUT2D eigenvalue weighted by Crippen LogP contribution is -2.39. The van der Waals surface area contributed by atoms with Crippen LogP contribution in [-0.4, -0.2) is 56.1 Å². The number of rotatable bonds is 13. The molecule has 0 saturated heterocycles. The maximum atomic E-state index is 13.5. The highest BCUT2D eigenvalue weighted by Crippen LogP contribution is 2.33. The molecule has 2 N–H and O–H groups in total. The first-order valence-corrected chi connectivity index (χ1v) is 15.7. The fraction of sp³-hybridized carbons (Fsp3) is 0.429. The second-order valence-corrected chi connectivity index (χ2v) is 14.7. The van der Waals surface area contributed by atoms with Gasteiger partial charge in [0.15, 0.2) is 0 Å². The SMILES string of the molecule is C=C(CC)C(CCC(=O)CN)C(=O)N(COCCS(C)(C)C)c1cccc(Cl)c1.Clc1ccccc1. The number of carbonyl (C=O) groups is 2. The van der Waals surface area contributed by atoms with Gasteiger partial charge in [-0.2, -0.15) is 0 Å². The van der Waals surface area contributed by atoms with Gasteiger partial charge in [0.2, 0.25) is 5.91 Å². The summed E-state index contributed by atoms with van der Waals surface area (Å²) in [6, 6.07) is 16.6. The van der Waals surface area contributed by atoms with E-state index in [1.807, 2.05) is 43.3 Å². The number of Topliss-reactive ketones (excluding diaryl/α,β-unsaturated/α-hetero) is 1. The van der Waals surface area contributed by atoms with Gasteiger partial charge in [0.25, 0.3) is 0 Å². The van der Waals surface area contributed by atoms with Crippen LogP contribution < -0.4 is 10.6 Å². The zero-order chi connectivity index (χ0) is 27.1. The van der Waals surface area contributed by atoms with Crippen molar-refractivity contribution in [2.24, 2.45) is 11.7 Å². The number of nitrogens with two attached hydrogens (primary N) is 1. The number of anilines is 1. The smallest absolute Gasteiger partial charge is 0.236 e. The van der Waals surface area contributed by atoms with Crippen LogP contribution in [0, 0.1) is 5.92 Å². The molecule has 1 amide bonds. The average Bonchev–Trinajstić information content (AvgIpc) is 2.83. The number of ether oxygens (including phenoxy) is 1. The summed E-state index contributed by atoms with van der Waals surface area (Å²) >= 11 is 11.7. The van der Waals surface area contributed by atoms with Crippen molar-refractivity contribution in [1.82, 2.24) is 0 Å². The number of carbonyl (C=O) groups excluding carboxylic acids is 2. The highest BCUT2D eigenvalue weighted by Gasteiger charge is 2.28. The van der Waals surface area contributed by atoms with Crippen molar-refractivity contribution in [3.8, 4) is 0 Å². The summed E-state index contributed by atoms with van der Waals surface area (Å²) < 4.78 is 5.86. The Balaban J connectivity index is 0.000000789. The molecule has 5 nitrogen and oxygen atoms in total. The Morgan fingerprint density at radius 2 is 1.69 bits per heavy atom. The molecule has 1 atom stereocenters. The molecule has 2 rings (SSSR count). The fourth-order valence-corrected chi connectivity index (χ4v) is 4.08. The molecule has 0 spiro atoms. The van der Waals surface area contributed by atoms with E-state index in [4.69, 9.17) is 33.7 Å². The first-order chi connectivity index (χ1) is 17.0. The molecular weight excluding hydrogens is 515 g/mol. The molecule has 0 aromatic heterocycles. The van der Waals surface area contributed by atoms with E-state index in [1.54, 1.807) is 23.1 Å². The van der Waals surface area contributed by atoms with Crippen LogP contribution in [0.4, 0.5) is 5.69 Å². The molecule has 0 saturated carbocycles. The van der Waals surface area contributed by atoms with E-state index < -0.39 is 15.9 Å². The average molecular weight is 556 g/mol. The summed E-state index contributed by atoms with van der Waals surface area (Å²) in [5.41, 5.74) is 6.89. The molecule has 0 fully saturated rings. The lowest BCUT2D eigenvalue weighted by atomic mass is 9.91. The van der Waals surface area contributed by atoms with Gasteiger partial charge in [-0.1, -0.05) is 66.5 Å². The minimum atomic E-state index is -0.681. The second kappa shape index (κ2) is 16.8. The third kappa shape index (κ3) is 12.9. The Labute approximate surface area is 228 Å². The number of hydrogen-bond acceptors (Lipinski definition) is 4. The number of ketones is 1. The number of halogens is 2. The largest absolute Gasteiger partial charge is 0.360 e. The molecule has 36 heavy (non-hydrogen) atoms. The molecule has 0 radical (unpaired) electrons. The van der Waals surface area contributed by atoms with Gasteiger partial charge in [0.05, 0.1) is 19.1 Å². The van der Waals surface area contributed by atoms with Crippen molar-refractivity contribution in [3.05, 3.63) is 76.8 Å². The van der Waals surface area contributed by atoms with E-state index in [0.29, 0.717) is 30.2 Å². The second-order valence-electron chi connectivity index (χ2n) is 9.22. The Morgan fingerprint density at radius 1 is 1.06 bits per heavy atom. The lowest BCUT2D eigenvalue weighted by Gasteiger charge is -2.30. The molecule has 8 heteroatoms. The fourth-order valence-electron chi connectivity index (χ4n) is 3.13. The van der Waals surface area contributed by atoms with Crippen molar-refractivity contribution in [2.45, 2.75) is 26.2 Å². The normalized spacial score (nSPS) is 12.2. The third-order valence-electron chi connectivity index (χ3n) is 5.36. The van der Waals surface area contributed by atoms with Crippen molar-refractivity contribution in [1.29, 1.82) is 0 Å². The lowest BCUT2D eigenvalue weighted by molar-refractivity contribution is -0.123. The van der Waals surface area contributed by atoms with Gasteiger partial charge >= 0.3 is 0 Å². The van der Waals surface area contributed by atoms with E-state index >= 15 is 0 Å². The summed E-state index contributed by atoms with van der Waals surface area (Å²) in [6.07, 6.45) is 7.99. The van der Waals surface area contributed by atoms with Crippen LogP contribution in [0.3, 0.4) is 0 Å². The molecule has 0 aliphatic carbocycles. The molecule has 200 valence electrons. The first kappa shape index (κ1) is 32.2.